The Hall–Kier alpha value is -0.710. The molecule has 2 rings (SSSR count). The maximum Gasteiger partial charge on any atom is 0.137 e. The van der Waals surface area contributed by atoms with E-state index in [2.05, 4.69) is 15.9 Å². The highest BCUT2D eigenvalue weighted by molar-refractivity contribution is 9.10. The van der Waals surface area contributed by atoms with Gasteiger partial charge in [-0.1, -0.05) is 18.2 Å². The lowest BCUT2D eigenvalue weighted by Gasteiger charge is -2.05. The lowest BCUT2D eigenvalue weighted by atomic mass is 10.2. The molecule has 1 aromatic carbocycles. The van der Waals surface area contributed by atoms with Gasteiger partial charge < -0.3 is 4.74 Å². The van der Waals surface area contributed by atoms with Crippen molar-refractivity contribution >= 4 is 27.3 Å². The first-order valence-corrected chi connectivity index (χ1v) is 6.47. The fourth-order valence-electron chi connectivity index (χ4n) is 1.32. The highest BCUT2D eigenvalue weighted by Crippen LogP contribution is 2.21. The molecule has 2 aromatic rings. The zero-order chi connectivity index (χ0) is 11.4. The van der Waals surface area contributed by atoms with E-state index in [4.69, 9.17) is 4.74 Å². The van der Waals surface area contributed by atoms with Crippen LogP contribution in [0.1, 0.15) is 10.4 Å². The number of thiophene rings is 1. The monoisotopic (exact) mass is 300 g/mol. The zero-order valence-electron chi connectivity index (χ0n) is 8.45. The van der Waals surface area contributed by atoms with Crippen LogP contribution >= 0.6 is 27.3 Å². The number of hydrogen-bond donors (Lipinski definition) is 0. The molecule has 0 aliphatic carbocycles. The van der Waals surface area contributed by atoms with E-state index >= 15 is 0 Å². The number of halogens is 2. The molecule has 0 unspecified atom stereocenters. The molecule has 0 aliphatic rings. The minimum Gasteiger partial charge on any atom is -0.371 e. The molecule has 0 aliphatic heterocycles. The maximum absolute atomic E-state index is 13.2. The summed E-state index contributed by atoms with van der Waals surface area (Å²) in [6, 6.07) is 8.96. The quantitative estimate of drug-likeness (QED) is 0.815. The van der Waals surface area contributed by atoms with Gasteiger partial charge in [0.05, 0.1) is 17.7 Å². The van der Waals surface area contributed by atoms with Gasteiger partial charge >= 0.3 is 0 Å². The van der Waals surface area contributed by atoms with E-state index in [1.54, 1.807) is 17.4 Å². The molecule has 0 atom stereocenters. The van der Waals surface area contributed by atoms with Crippen molar-refractivity contribution in [2.45, 2.75) is 13.2 Å². The summed E-state index contributed by atoms with van der Waals surface area (Å²) in [7, 11) is 0. The Balaban J connectivity index is 1.92. The van der Waals surface area contributed by atoms with Crippen LogP contribution in [0.4, 0.5) is 4.39 Å². The average Bonchev–Trinajstić information content (AvgIpc) is 2.77. The van der Waals surface area contributed by atoms with E-state index < -0.39 is 0 Å². The first-order valence-electron chi connectivity index (χ1n) is 4.80. The third-order valence-corrected chi connectivity index (χ3v) is 3.85. The standard InChI is InChI=1S/C12H10BrFOS/c13-12-9(3-1-5-11(12)14)7-15-8-10-4-2-6-16-10/h1-6H,7-8H2. The molecule has 84 valence electrons. The van der Waals surface area contributed by atoms with Gasteiger partial charge in [-0.2, -0.15) is 0 Å². The highest BCUT2D eigenvalue weighted by atomic mass is 79.9. The van der Waals surface area contributed by atoms with Crippen molar-refractivity contribution in [3.8, 4) is 0 Å². The van der Waals surface area contributed by atoms with E-state index in [1.165, 1.54) is 10.9 Å². The summed E-state index contributed by atoms with van der Waals surface area (Å²) in [6.45, 7) is 0.983. The van der Waals surface area contributed by atoms with Gasteiger partial charge in [0.25, 0.3) is 0 Å². The van der Waals surface area contributed by atoms with Gasteiger partial charge in [0.1, 0.15) is 5.82 Å². The smallest absolute Gasteiger partial charge is 0.137 e. The number of rotatable bonds is 4. The van der Waals surface area contributed by atoms with Crippen LogP contribution in [-0.4, -0.2) is 0 Å². The van der Waals surface area contributed by atoms with Gasteiger partial charge in [-0.05, 0) is 39.0 Å². The Bertz CT molecular complexity index is 456. The Labute approximate surface area is 106 Å². The molecule has 0 fully saturated rings. The molecule has 16 heavy (non-hydrogen) atoms. The van der Waals surface area contributed by atoms with E-state index in [1.807, 2.05) is 23.6 Å². The van der Waals surface area contributed by atoms with Gasteiger partial charge in [0.15, 0.2) is 0 Å². The maximum atomic E-state index is 13.2. The highest BCUT2D eigenvalue weighted by Gasteiger charge is 2.05. The Morgan fingerprint density at radius 3 is 2.81 bits per heavy atom. The van der Waals surface area contributed by atoms with Gasteiger partial charge in [-0.15, -0.1) is 11.3 Å². The molecule has 0 saturated heterocycles. The van der Waals surface area contributed by atoms with Gasteiger partial charge in [0.2, 0.25) is 0 Å². The van der Waals surface area contributed by atoms with E-state index in [-0.39, 0.29) is 5.82 Å². The number of benzene rings is 1. The molecule has 1 heterocycles. The van der Waals surface area contributed by atoms with Crippen LogP contribution in [0.3, 0.4) is 0 Å². The van der Waals surface area contributed by atoms with E-state index in [0.717, 1.165) is 5.56 Å². The minimum absolute atomic E-state index is 0.253. The number of hydrogen-bond acceptors (Lipinski definition) is 2. The summed E-state index contributed by atoms with van der Waals surface area (Å²) in [4.78, 5) is 1.17. The normalized spacial score (nSPS) is 10.6. The summed E-state index contributed by atoms with van der Waals surface area (Å²) in [6.07, 6.45) is 0. The van der Waals surface area contributed by atoms with Gasteiger partial charge in [0, 0.05) is 4.88 Å². The molecular weight excluding hydrogens is 291 g/mol. The Morgan fingerprint density at radius 1 is 1.19 bits per heavy atom. The van der Waals surface area contributed by atoms with Crippen LogP contribution in [0.2, 0.25) is 0 Å². The Kier molecular flexibility index (Phi) is 4.09. The number of ether oxygens (including phenoxy) is 1. The molecule has 0 N–H and O–H groups in total. The first-order chi connectivity index (χ1) is 7.77. The van der Waals surface area contributed by atoms with Crippen molar-refractivity contribution in [2.75, 3.05) is 0 Å². The van der Waals surface area contributed by atoms with Crippen molar-refractivity contribution in [3.05, 3.63) is 56.4 Å². The second-order valence-electron chi connectivity index (χ2n) is 3.29. The van der Waals surface area contributed by atoms with Crippen molar-refractivity contribution in [1.82, 2.24) is 0 Å². The largest absolute Gasteiger partial charge is 0.371 e. The molecule has 0 amide bonds. The van der Waals surface area contributed by atoms with Gasteiger partial charge in [-0.3, -0.25) is 0 Å². The molecule has 1 aromatic heterocycles. The summed E-state index contributed by atoms with van der Waals surface area (Å²) in [5.74, 6) is -0.253. The third-order valence-electron chi connectivity index (χ3n) is 2.11. The molecule has 4 heteroatoms. The van der Waals surface area contributed by atoms with Crippen LogP contribution in [0.15, 0.2) is 40.2 Å². The topological polar surface area (TPSA) is 9.23 Å². The summed E-state index contributed by atoms with van der Waals surface area (Å²) in [5.41, 5.74) is 0.830. The summed E-state index contributed by atoms with van der Waals surface area (Å²) >= 11 is 4.86. The minimum atomic E-state index is -0.253. The van der Waals surface area contributed by atoms with Crippen LogP contribution in [0.5, 0.6) is 0 Å². The summed E-state index contributed by atoms with van der Waals surface area (Å²) in [5, 5.41) is 2.01. The van der Waals surface area contributed by atoms with Crippen LogP contribution in [0, 0.1) is 5.82 Å². The predicted octanol–water partition coefficient (Wildman–Crippen LogP) is 4.37. The van der Waals surface area contributed by atoms with Crippen LogP contribution in [-0.2, 0) is 18.0 Å². The summed E-state index contributed by atoms with van der Waals surface area (Å²) < 4.78 is 19.2. The first kappa shape index (κ1) is 11.8. The molecular formula is C12H10BrFOS. The molecule has 1 nitrogen and oxygen atoms in total. The molecule has 0 spiro atoms. The van der Waals surface area contributed by atoms with E-state index in [9.17, 15) is 4.39 Å². The van der Waals surface area contributed by atoms with Crippen molar-refractivity contribution in [3.63, 3.8) is 0 Å². The second kappa shape index (κ2) is 5.57. The van der Waals surface area contributed by atoms with Crippen molar-refractivity contribution < 1.29 is 9.13 Å². The van der Waals surface area contributed by atoms with Crippen LogP contribution in [0.25, 0.3) is 0 Å². The SMILES string of the molecule is Fc1cccc(COCc2cccs2)c1Br. The van der Waals surface area contributed by atoms with Crippen LogP contribution < -0.4 is 0 Å². The molecule has 0 bridgehead atoms. The fourth-order valence-corrected chi connectivity index (χ4v) is 2.34. The second-order valence-corrected chi connectivity index (χ2v) is 5.11. The van der Waals surface area contributed by atoms with Crippen molar-refractivity contribution in [1.29, 1.82) is 0 Å². The molecule has 0 saturated carbocycles. The van der Waals surface area contributed by atoms with Gasteiger partial charge in [-0.25, -0.2) is 4.39 Å². The zero-order valence-corrected chi connectivity index (χ0v) is 10.9. The predicted molar refractivity (Wildman–Crippen MR) is 66.9 cm³/mol. The lowest BCUT2D eigenvalue weighted by Crippen LogP contribution is -1.94. The fraction of sp³-hybridized carbons (Fsp3) is 0.167. The molecule has 0 radical (unpaired) electrons. The van der Waals surface area contributed by atoms with E-state index in [0.29, 0.717) is 17.7 Å². The third kappa shape index (κ3) is 2.90. The lowest BCUT2D eigenvalue weighted by molar-refractivity contribution is 0.108. The Morgan fingerprint density at radius 2 is 2.06 bits per heavy atom. The average molecular weight is 301 g/mol. The van der Waals surface area contributed by atoms with Crippen molar-refractivity contribution in [2.24, 2.45) is 0 Å².